The van der Waals surface area contributed by atoms with Crippen molar-refractivity contribution in [2.45, 2.75) is 27.7 Å². The van der Waals surface area contributed by atoms with Crippen LogP contribution in [-0.4, -0.2) is 64.4 Å². The zero-order valence-corrected chi connectivity index (χ0v) is 15.6. The predicted molar refractivity (Wildman–Crippen MR) is 94.8 cm³/mol. The molecule has 0 unspecified atom stereocenters. The molecule has 8 heteroatoms. The topological polar surface area (TPSA) is 152 Å². The van der Waals surface area contributed by atoms with Crippen molar-refractivity contribution in [3.63, 3.8) is 0 Å². The van der Waals surface area contributed by atoms with Crippen molar-refractivity contribution < 1.29 is 39.9 Å². The molecule has 0 atom stereocenters. The minimum Gasteiger partial charge on any atom is -0.505 e. The van der Waals surface area contributed by atoms with Gasteiger partial charge in [-0.1, -0.05) is 19.7 Å². The second-order valence-corrected chi connectivity index (χ2v) is 3.42. The lowest BCUT2D eigenvalue weighted by molar-refractivity contribution is -0.132. The van der Waals surface area contributed by atoms with Crippen molar-refractivity contribution in [1.82, 2.24) is 0 Å². The number of Topliss-reactive ketones (excluding diaryl/α,β-unsaturated/α-hetero) is 2. The number of ketones is 2. The quantitative estimate of drug-likeness (QED) is 0.376. The minimum absolute atomic E-state index is 0.0648. The molecule has 0 aromatic carbocycles. The molecule has 0 radical (unpaired) electrons. The molecule has 24 heavy (non-hydrogen) atoms. The summed E-state index contributed by atoms with van der Waals surface area (Å²) in [5, 5.41) is 37.0. The van der Waals surface area contributed by atoms with Crippen molar-refractivity contribution in [3.8, 4) is 0 Å². The third kappa shape index (κ3) is 73.2. The first-order valence-electron chi connectivity index (χ1n) is 6.21. The van der Waals surface area contributed by atoms with Gasteiger partial charge >= 0.3 is 5.97 Å². The van der Waals surface area contributed by atoms with Crippen LogP contribution in [-0.2, 0) is 14.4 Å². The highest BCUT2D eigenvalue weighted by molar-refractivity contribution is 5.91. The van der Waals surface area contributed by atoms with Crippen LogP contribution in [0.2, 0.25) is 0 Å². The molecule has 5 N–H and O–H groups in total. The highest BCUT2D eigenvalue weighted by atomic mass is 16.4. The Bertz CT molecular complexity index is 277. The van der Waals surface area contributed by atoms with Crippen molar-refractivity contribution >= 4 is 17.5 Å². The summed E-state index contributed by atoms with van der Waals surface area (Å²) in [5.74, 6) is -1.63. The molecule has 0 bridgehead atoms. The fourth-order valence-corrected chi connectivity index (χ4v) is 0. The Balaban J connectivity index is -0.0000000436. The molecule has 0 saturated heterocycles. The molecule has 0 saturated carbocycles. The summed E-state index contributed by atoms with van der Waals surface area (Å²) in [5.41, 5.74) is 0.796. The van der Waals surface area contributed by atoms with Crippen molar-refractivity contribution in [2.24, 2.45) is 0 Å². The van der Waals surface area contributed by atoms with Crippen LogP contribution in [0.15, 0.2) is 36.6 Å². The standard InChI is InChI=1S/C5H8O.2C4H6O2.3CH4O/c1-4(2)5(3)6;1-3(5)4(2)6;1-3(2)4(5)6;3*1-2/h1H2,2-3H3;5H,1H2,2H3;1H2,2H3,(H,5,6);3*2H,1H3. The Hall–Kier alpha value is -2.29. The maximum absolute atomic E-state index is 10.0. The van der Waals surface area contributed by atoms with Gasteiger partial charge in [0, 0.05) is 33.8 Å². The van der Waals surface area contributed by atoms with Crippen molar-refractivity contribution in [2.75, 3.05) is 21.3 Å². The number of hydrogen-bond donors (Lipinski definition) is 5. The maximum Gasteiger partial charge on any atom is 0.330 e. The summed E-state index contributed by atoms with van der Waals surface area (Å²) >= 11 is 0. The monoisotopic (exact) mass is 352 g/mol. The lowest BCUT2D eigenvalue weighted by atomic mass is 10.3. The largest absolute Gasteiger partial charge is 0.505 e. The average Bonchev–Trinajstić information content (AvgIpc) is 2.54. The van der Waals surface area contributed by atoms with Crippen LogP contribution in [0.4, 0.5) is 0 Å². The van der Waals surface area contributed by atoms with E-state index in [9.17, 15) is 14.4 Å². The molecule has 0 amide bonds. The van der Waals surface area contributed by atoms with Gasteiger partial charge in [-0.05, 0) is 26.3 Å². The smallest absolute Gasteiger partial charge is 0.330 e. The van der Waals surface area contributed by atoms with Crippen molar-refractivity contribution in [3.05, 3.63) is 36.6 Å². The average molecular weight is 352 g/mol. The van der Waals surface area contributed by atoms with Crippen LogP contribution in [0, 0.1) is 0 Å². The number of hydrogen-bond acceptors (Lipinski definition) is 7. The Morgan fingerprint density at radius 2 is 0.708 bits per heavy atom. The minimum atomic E-state index is -0.935. The van der Waals surface area contributed by atoms with Crippen molar-refractivity contribution in [1.29, 1.82) is 0 Å². The fourth-order valence-electron chi connectivity index (χ4n) is 0. The first-order valence-corrected chi connectivity index (χ1v) is 6.21. The number of allylic oxidation sites excluding steroid dienone is 2. The SMILES string of the molecule is C=C(C)C(=O)O.C=C(C)C(C)=O.C=C(O)C(C)=O.CO.CO.CO. The number of carbonyl (C=O) groups excluding carboxylic acids is 2. The highest BCUT2D eigenvalue weighted by Gasteiger charge is 1.90. The second kappa shape index (κ2) is 32.6. The summed E-state index contributed by atoms with van der Waals surface area (Å²) in [6.07, 6.45) is 0. The van der Waals surface area contributed by atoms with Gasteiger partial charge in [-0.3, -0.25) is 9.59 Å². The Morgan fingerprint density at radius 1 is 0.583 bits per heavy atom. The van der Waals surface area contributed by atoms with Crippen LogP contribution in [0.5, 0.6) is 0 Å². The van der Waals surface area contributed by atoms with E-state index in [2.05, 4.69) is 19.7 Å². The molecular weight excluding hydrogens is 320 g/mol. The number of carbonyl (C=O) groups is 3. The Kier molecular flexibility index (Phi) is 51.2. The summed E-state index contributed by atoms with van der Waals surface area (Å²) < 4.78 is 0. The van der Waals surface area contributed by atoms with Gasteiger partial charge in [0.15, 0.2) is 17.3 Å². The lowest BCUT2D eigenvalue weighted by Crippen LogP contribution is -1.92. The van der Waals surface area contributed by atoms with Crippen LogP contribution in [0.1, 0.15) is 27.7 Å². The number of aliphatic carboxylic acids is 1. The molecule has 0 aliphatic rings. The lowest BCUT2D eigenvalue weighted by Gasteiger charge is -1.80. The molecule has 8 nitrogen and oxygen atoms in total. The molecule has 0 aromatic heterocycles. The number of aliphatic hydroxyl groups excluding tert-OH is 4. The van der Waals surface area contributed by atoms with Gasteiger partial charge in [0.05, 0.1) is 0 Å². The van der Waals surface area contributed by atoms with E-state index in [1.807, 2.05) is 0 Å². The van der Waals surface area contributed by atoms with Gasteiger partial charge in [-0.25, -0.2) is 4.79 Å². The Morgan fingerprint density at radius 3 is 0.708 bits per heavy atom. The second-order valence-electron chi connectivity index (χ2n) is 3.42. The first kappa shape index (κ1) is 37.7. The molecule has 0 fully saturated rings. The molecular formula is C16H32O8. The van der Waals surface area contributed by atoms with Crippen LogP contribution in [0.25, 0.3) is 0 Å². The Labute approximate surface area is 144 Å². The molecule has 0 aromatic rings. The summed E-state index contributed by atoms with van der Waals surface area (Å²) in [6, 6.07) is 0. The normalized spacial score (nSPS) is 6.42. The van der Waals surface area contributed by atoms with Crippen LogP contribution in [0.3, 0.4) is 0 Å². The van der Waals surface area contributed by atoms with Gasteiger partial charge in [-0.15, -0.1) is 0 Å². The van der Waals surface area contributed by atoms with E-state index in [1.54, 1.807) is 6.92 Å². The molecule has 0 heterocycles. The third-order valence-corrected chi connectivity index (χ3v) is 1.37. The van der Waals surface area contributed by atoms with Crippen LogP contribution >= 0.6 is 0 Å². The molecule has 144 valence electrons. The van der Waals surface area contributed by atoms with E-state index >= 15 is 0 Å². The third-order valence-electron chi connectivity index (χ3n) is 1.37. The number of carboxylic acids is 1. The van der Waals surface area contributed by atoms with E-state index in [1.165, 1.54) is 20.8 Å². The van der Waals surface area contributed by atoms with E-state index in [4.69, 9.17) is 25.5 Å². The van der Waals surface area contributed by atoms with Gasteiger partial charge in [0.25, 0.3) is 0 Å². The van der Waals surface area contributed by atoms with Crippen LogP contribution < -0.4 is 0 Å². The van der Waals surface area contributed by atoms with E-state index < -0.39 is 5.97 Å². The van der Waals surface area contributed by atoms with E-state index in [0.717, 1.165) is 21.3 Å². The zero-order chi connectivity index (χ0) is 21.5. The summed E-state index contributed by atoms with van der Waals surface area (Å²) in [6.45, 7) is 15.4. The summed E-state index contributed by atoms with van der Waals surface area (Å²) in [7, 11) is 3.00. The zero-order valence-electron chi connectivity index (χ0n) is 15.6. The molecule has 0 rings (SSSR count). The first-order chi connectivity index (χ1) is 10.9. The van der Waals surface area contributed by atoms with Gasteiger partial charge in [0.2, 0.25) is 0 Å². The maximum atomic E-state index is 10.0. The molecule has 0 spiro atoms. The number of aliphatic hydroxyl groups is 4. The highest BCUT2D eigenvalue weighted by Crippen LogP contribution is 1.84. The fraction of sp³-hybridized carbons (Fsp3) is 0.438. The van der Waals surface area contributed by atoms with Gasteiger partial charge in [-0.2, -0.15) is 0 Å². The number of rotatable bonds is 3. The van der Waals surface area contributed by atoms with Gasteiger partial charge < -0.3 is 25.5 Å². The number of carboxylic acid groups (broad SMARTS) is 1. The molecule has 0 aliphatic heterocycles. The predicted octanol–water partition coefficient (Wildman–Crippen LogP) is 1.27. The van der Waals surface area contributed by atoms with Gasteiger partial charge in [0.1, 0.15) is 0 Å². The van der Waals surface area contributed by atoms with E-state index in [-0.39, 0.29) is 22.9 Å². The summed E-state index contributed by atoms with van der Waals surface area (Å²) in [4.78, 5) is 29.4. The molecule has 0 aliphatic carbocycles. The van der Waals surface area contributed by atoms with E-state index in [0.29, 0.717) is 5.57 Å².